The smallest absolute Gasteiger partial charge is 0.257 e. The molecule has 7 nitrogen and oxygen atoms in total. The van der Waals surface area contributed by atoms with Crippen molar-refractivity contribution in [1.29, 1.82) is 0 Å². The molecule has 1 aliphatic carbocycles. The molecular formula is C27H22BrCl2FN2O5S. The van der Waals surface area contributed by atoms with Gasteiger partial charge in [-0.05, 0) is 54.8 Å². The minimum absolute atomic E-state index is 0.0237. The SMILES string of the molecule is CS(=O)(=O)c1cc(Cl)ccc1CN1C(=O)c2cc(Br)cc(F)c2C1(OCC1(C(N)=O)CC1)c1ccc(Cl)cc1. The van der Waals surface area contributed by atoms with Crippen LogP contribution in [0.2, 0.25) is 10.0 Å². The van der Waals surface area contributed by atoms with Crippen LogP contribution in [0.25, 0.3) is 0 Å². The van der Waals surface area contributed by atoms with Gasteiger partial charge in [-0.2, -0.15) is 0 Å². The number of carbonyl (C=O) groups is 2. The van der Waals surface area contributed by atoms with E-state index in [4.69, 9.17) is 33.7 Å². The molecule has 3 aromatic rings. The molecule has 2 amide bonds. The zero-order valence-corrected chi connectivity index (χ0v) is 24.4. The van der Waals surface area contributed by atoms with Crippen LogP contribution in [0.5, 0.6) is 0 Å². The molecule has 1 heterocycles. The molecule has 204 valence electrons. The lowest BCUT2D eigenvalue weighted by Crippen LogP contribution is -2.48. The summed E-state index contributed by atoms with van der Waals surface area (Å²) >= 11 is 15.5. The number of amides is 2. The van der Waals surface area contributed by atoms with Gasteiger partial charge >= 0.3 is 0 Å². The first-order valence-corrected chi connectivity index (χ1v) is 15.2. The van der Waals surface area contributed by atoms with Gasteiger partial charge in [-0.3, -0.25) is 14.5 Å². The molecule has 0 spiro atoms. The lowest BCUT2D eigenvalue weighted by atomic mass is 9.92. The van der Waals surface area contributed by atoms with Gasteiger partial charge in [0, 0.05) is 26.3 Å². The van der Waals surface area contributed by atoms with Gasteiger partial charge in [0.05, 0.1) is 34.6 Å². The van der Waals surface area contributed by atoms with Crippen molar-refractivity contribution in [2.24, 2.45) is 11.1 Å². The summed E-state index contributed by atoms with van der Waals surface area (Å²) in [6.07, 6.45) is 2.00. The Kier molecular flexibility index (Phi) is 7.08. The van der Waals surface area contributed by atoms with Crippen LogP contribution < -0.4 is 5.73 Å². The first-order valence-electron chi connectivity index (χ1n) is 11.8. The molecular weight excluding hydrogens is 634 g/mol. The average molecular weight is 656 g/mol. The van der Waals surface area contributed by atoms with E-state index in [0.29, 0.717) is 27.9 Å². The Morgan fingerprint density at radius 3 is 2.33 bits per heavy atom. The van der Waals surface area contributed by atoms with E-state index < -0.39 is 38.6 Å². The van der Waals surface area contributed by atoms with Crippen molar-refractivity contribution in [1.82, 2.24) is 4.90 Å². The van der Waals surface area contributed by atoms with E-state index in [1.807, 2.05) is 0 Å². The first-order chi connectivity index (χ1) is 18.3. The van der Waals surface area contributed by atoms with Gasteiger partial charge in [0.2, 0.25) is 5.91 Å². The van der Waals surface area contributed by atoms with Crippen LogP contribution >= 0.6 is 39.1 Å². The molecule has 1 atom stereocenters. The standard InChI is InChI=1S/C27H22BrCl2FN2O5S/c1-39(36,37)22-12-19(30)5-2-15(22)13-33-24(34)20-10-17(28)11-21(31)23(20)27(33,16-3-6-18(29)7-4-16)38-14-26(8-9-26)25(32)35/h2-7,10-12H,8-9,13-14H2,1H3,(H2,32,35). The number of primary amides is 1. The topological polar surface area (TPSA) is 107 Å². The van der Waals surface area contributed by atoms with E-state index in [0.717, 1.165) is 6.26 Å². The zero-order chi connectivity index (χ0) is 28.3. The first kappa shape index (κ1) is 28.0. The molecule has 1 saturated carbocycles. The second kappa shape index (κ2) is 9.85. The van der Waals surface area contributed by atoms with Crippen LogP contribution in [0, 0.1) is 11.2 Å². The lowest BCUT2D eigenvalue weighted by Gasteiger charge is -2.40. The van der Waals surface area contributed by atoms with Gasteiger partial charge in [0.1, 0.15) is 5.82 Å². The number of hydrogen-bond acceptors (Lipinski definition) is 5. The minimum atomic E-state index is -3.77. The maximum atomic E-state index is 15.9. The Hall–Kier alpha value is -2.50. The van der Waals surface area contributed by atoms with Gasteiger partial charge in [-0.1, -0.05) is 57.3 Å². The summed E-state index contributed by atoms with van der Waals surface area (Å²) in [4.78, 5) is 27.5. The molecule has 1 aliphatic heterocycles. The van der Waals surface area contributed by atoms with Crippen molar-refractivity contribution >= 4 is 60.8 Å². The molecule has 0 aromatic heterocycles. The fraction of sp³-hybridized carbons (Fsp3) is 0.259. The van der Waals surface area contributed by atoms with Crippen LogP contribution in [0.4, 0.5) is 4.39 Å². The molecule has 12 heteroatoms. The highest BCUT2D eigenvalue weighted by Crippen LogP contribution is 2.52. The van der Waals surface area contributed by atoms with Crippen molar-refractivity contribution in [2.75, 3.05) is 12.9 Å². The van der Waals surface area contributed by atoms with Crippen molar-refractivity contribution in [3.63, 3.8) is 0 Å². The quantitative estimate of drug-likeness (QED) is 0.348. The van der Waals surface area contributed by atoms with E-state index in [9.17, 15) is 18.0 Å². The molecule has 1 unspecified atom stereocenters. The molecule has 0 bridgehead atoms. The van der Waals surface area contributed by atoms with Gasteiger partial charge in [-0.25, -0.2) is 12.8 Å². The molecule has 1 fully saturated rings. The Morgan fingerprint density at radius 2 is 1.74 bits per heavy atom. The number of nitrogens with two attached hydrogens (primary N) is 1. The Balaban J connectivity index is 1.76. The molecule has 5 rings (SSSR count). The zero-order valence-electron chi connectivity index (χ0n) is 20.5. The maximum Gasteiger partial charge on any atom is 0.257 e. The number of rotatable bonds is 8. The predicted molar refractivity (Wildman–Crippen MR) is 148 cm³/mol. The van der Waals surface area contributed by atoms with Crippen molar-refractivity contribution < 1.29 is 27.1 Å². The predicted octanol–water partition coefficient (Wildman–Crippen LogP) is 5.44. The molecule has 0 saturated heterocycles. The fourth-order valence-electron chi connectivity index (χ4n) is 4.93. The number of carbonyl (C=O) groups excluding carboxylic acids is 2. The molecule has 2 N–H and O–H groups in total. The summed E-state index contributed by atoms with van der Waals surface area (Å²) in [5.74, 6) is -1.88. The number of ether oxygens (including phenoxy) is 1. The molecule has 39 heavy (non-hydrogen) atoms. The third-order valence-electron chi connectivity index (χ3n) is 7.18. The number of hydrogen-bond donors (Lipinski definition) is 1. The van der Waals surface area contributed by atoms with E-state index in [1.165, 1.54) is 35.2 Å². The number of nitrogens with zero attached hydrogens (tertiary/aromatic N) is 1. The van der Waals surface area contributed by atoms with E-state index >= 15 is 4.39 Å². The summed E-state index contributed by atoms with van der Waals surface area (Å²) in [6.45, 7) is -0.473. The highest BCUT2D eigenvalue weighted by molar-refractivity contribution is 9.10. The third-order valence-corrected chi connectivity index (χ3v) is 9.30. The minimum Gasteiger partial charge on any atom is -0.369 e. The Bertz CT molecular complexity index is 1630. The number of sulfone groups is 1. The summed E-state index contributed by atoms with van der Waals surface area (Å²) in [6, 6.07) is 13.4. The van der Waals surface area contributed by atoms with Crippen LogP contribution in [-0.2, 0) is 31.6 Å². The average Bonchev–Trinajstić information content (AvgIpc) is 3.62. The Morgan fingerprint density at radius 1 is 1.10 bits per heavy atom. The van der Waals surface area contributed by atoms with Crippen molar-refractivity contribution in [3.05, 3.63) is 97.2 Å². The van der Waals surface area contributed by atoms with Crippen LogP contribution in [0.1, 0.15) is 39.9 Å². The highest BCUT2D eigenvalue weighted by Gasteiger charge is 2.57. The monoisotopic (exact) mass is 654 g/mol. The summed E-state index contributed by atoms with van der Waals surface area (Å²) < 4.78 is 48.0. The second-order valence-corrected chi connectivity index (χ2v) is 13.6. The number of benzene rings is 3. The number of fused-ring (bicyclic) bond motifs is 1. The normalized spacial score (nSPS) is 19.7. The highest BCUT2D eigenvalue weighted by atomic mass is 79.9. The molecule has 0 radical (unpaired) electrons. The van der Waals surface area contributed by atoms with Gasteiger partial charge in [0.25, 0.3) is 5.91 Å². The van der Waals surface area contributed by atoms with Gasteiger partial charge in [-0.15, -0.1) is 0 Å². The number of halogens is 4. The molecule has 3 aromatic carbocycles. The van der Waals surface area contributed by atoms with Crippen LogP contribution in [0.3, 0.4) is 0 Å². The van der Waals surface area contributed by atoms with E-state index in [2.05, 4.69) is 15.9 Å². The van der Waals surface area contributed by atoms with Gasteiger partial charge in [0.15, 0.2) is 15.6 Å². The largest absolute Gasteiger partial charge is 0.369 e. The van der Waals surface area contributed by atoms with Gasteiger partial charge < -0.3 is 10.5 Å². The fourth-order valence-corrected chi connectivity index (χ4v) is 6.68. The van der Waals surface area contributed by atoms with Crippen molar-refractivity contribution in [2.45, 2.75) is 30.0 Å². The second-order valence-electron chi connectivity index (χ2n) is 9.81. The maximum absolute atomic E-state index is 15.9. The molecule has 2 aliphatic rings. The van der Waals surface area contributed by atoms with Crippen molar-refractivity contribution in [3.8, 4) is 0 Å². The van der Waals surface area contributed by atoms with E-state index in [-0.39, 0.29) is 39.8 Å². The van der Waals surface area contributed by atoms with E-state index in [1.54, 1.807) is 24.3 Å². The lowest BCUT2D eigenvalue weighted by molar-refractivity contribution is -0.142. The Labute approximate surface area is 243 Å². The summed E-state index contributed by atoms with van der Waals surface area (Å²) in [5.41, 5.74) is 3.39. The summed E-state index contributed by atoms with van der Waals surface area (Å²) in [5, 5.41) is 0.594. The van der Waals surface area contributed by atoms with Crippen LogP contribution in [0.15, 0.2) is 64.0 Å². The van der Waals surface area contributed by atoms with Crippen LogP contribution in [-0.4, -0.2) is 38.0 Å². The third kappa shape index (κ3) is 4.86. The summed E-state index contributed by atoms with van der Waals surface area (Å²) in [7, 11) is -3.77.